The lowest BCUT2D eigenvalue weighted by atomic mass is 10.0. The highest BCUT2D eigenvalue weighted by molar-refractivity contribution is 6.00. The van der Waals surface area contributed by atoms with Crippen LogP contribution in [0.3, 0.4) is 0 Å². The molecule has 0 spiro atoms. The van der Waals surface area contributed by atoms with Crippen molar-refractivity contribution in [1.82, 2.24) is 20.3 Å². The molecule has 0 fully saturated rings. The van der Waals surface area contributed by atoms with E-state index < -0.39 is 6.09 Å². The maximum absolute atomic E-state index is 10.8. The van der Waals surface area contributed by atoms with Gasteiger partial charge >= 0.3 is 6.09 Å². The lowest BCUT2D eigenvalue weighted by molar-refractivity contribution is 0.190. The fourth-order valence-corrected chi connectivity index (χ4v) is 3.25. The van der Waals surface area contributed by atoms with Crippen LogP contribution >= 0.6 is 0 Å². The van der Waals surface area contributed by atoms with E-state index >= 15 is 0 Å². The predicted molar refractivity (Wildman–Crippen MR) is 91.5 cm³/mol. The van der Waals surface area contributed by atoms with Gasteiger partial charge in [-0.25, -0.2) is 14.8 Å². The number of fused-ring (bicyclic) bond motifs is 1. The van der Waals surface area contributed by atoms with Crippen molar-refractivity contribution >= 4 is 22.7 Å². The number of hydrogen-bond acceptors (Lipinski definition) is 3. The van der Waals surface area contributed by atoms with Gasteiger partial charge < -0.3 is 15.4 Å². The zero-order chi connectivity index (χ0) is 16.5. The first-order valence-corrected chi connectivity index (χ1v) is 7.79. The molecule has 0 aliphatic heterocycles. The third kappa shape index (κ3) is 2.52. The molecule has 120 valence electrons. The maximum Gasteiger partial charge on any atom is 0.404 e. The van der Waals surface area contributed by atoms with Crippen molar-refractivity contribution in [3.63, 3.8) is 0 Å². The van der Waals surface area contributed by atoms with E-state index in [0.29, 0.717) is 12.8 Å². The fourth-order valence-electron chi connectivity index (χ4n) is 3.25. The van der Waals surface area contributed by atoms with Crippen LogP contribution in [0.25, 0.3) is 27.7 Å². The molecule has 3 N–H and O–H groups in total. The van der Waals surface area contributed by atoms with Crippen molar-refractivity contribution < 1.29 is 9.90 Å². The minimum Gasteiger partial charge on any atom is -0.465 e. The normalized spacial score (nSPS) is 17.0. The Hall–Kier alpha value is -3.15. The van der Waals surface area contributed by atoms with Crippen LogP contribution in [0.15, 0.2) is 48.9 Å². The number of nitrogens with zero attached hydrogens (tertiary/aromatic N) is 2. The smallest absolute Gasteiger partial charge is 0.404 e. The van der Waals surface area contributed by atoms with Gasteiger partial charge in [-0.3, -0.25) is 0 Å². The Morgan fingerprint density at radius 2 is 2.08 bits per heavy atom. The second kappa shape index (κ2) is 5.81. The second-order valence-electron chi connectivity index (χ2n) is 5.83. The Labute approximate surface area is 138 Å². The minimum absolute atomic E-state index is 0.0957. The molecular formula is C18H16N4O2. The predicted octanol–water partition coefficient (Wildman–Crippen LogP) is 3.44. The zero-order valence-electron chi connectivity index (χ0n) is 12.9. The number of H-pyrrole nitrogens is 1. The number of carbonyl (C=O) groups is 1. The average Bonchev–Trinajstić information content (AvgIpc) is 3.21. The Kier molecular flexibility index (Phi) is 3.49. The Morgan fingerprint density at radius 3 is 2.88 bits per heavy atom. The first-order chi connectivity index (χ1) is 11.7. The second-order valence-corrected chi connectivity index (χ2v) is 5.83. The van der Waals surface area contributed by atoms with Gasteiger partial charge in [0.1, 0.15) is 12.0 Å². The van der Waals surface area contributed by atoms with Gasteiger partial charge in [0.05, 0.1) is 11.1 Å². The van der Waals surface area contributed by atoms with Crippen LogP contribution in [0, 0.1) is 0 Å². The van der Waals surface area contributed by atoms with Crippen LogP contribution in [0.4, 0.5) is 4.79 Å². The van der Waals surface area contributed by atoms with Crippen molar-refractivity contribution in [3.8, 4) is 11.1 Å². The lowest BCUT2D eigenvalue weighted by Gasteiger charge is -2.10. The molecule has 0 saturated carbocycles. The van der Waals surface area contributed by atoms with Gasteiger partial charge in [-0.05, 0) is 24.0 Å². The summed E-state index contributed by atoms with van der Waals surface area (Å²) in [6, 6.07) is 9.99. The molecule has 1 amide bonds. The van der Waals surface area contributed by atoms with E-state index in [0.717, 1.165) is 33.4 Å². The molecule has 6 heteroatoms. The van der Waals surface area contributed by atoms with Gasteiger partial charge in [-0.2, -0.15) is 0 Å². The molecule has 0 bridgehead atoms. The zero-order valence-corrected chi connectivity index (χ0v) is 12.9. The van der Waals surface area contributed by atoms with Crippen LogP contribution in [-0.2, 0) is 0 Å². The Balaban J connectivity index is 1.77. The van der Waals surface area contributed by atoms with Gasteiger partial charge in [0, 0.05) is 17.8 Å². The summed E-state index contributed by atoms with van der Waals surface area (Å²) in [5.41, 5.74) is 4.86. The highest BCUT2D eigenvalue weighted by Gasteiger charge is 2.23. The van der Waals surface area contributed by atoms with E-state index in [-0.39, 0.29) is 6.04 Å². The number of benzene rings is 1. The maximum atomic E-state index is 10.8. The summed E-state index contributed by atoms with van der Waals surface area (Å²) in [7, 11) is 0. The summed E-state index contributed by atoms with van der Waals surface area (Å²) in [6.45, 7) is 0. The van der Waals surface area contributed by atoms with E-state index in [1.165, 1.54) is 0 Å². The monoisotopic (exact) mass is 320 g/mol. The molecule has 1 aliphatic rings. The number of hydrogen-bond donors (Lipinski definition) is 3. The van der Waals surface area contributed by atoms with E-state index in [9.17, 15) is 4.79 Å². The van der Waals surface area contributed by atoms with Crippen molar-refractivity contribution in [1.29, 1.82) is 0 Å². The number of aromatic amines is 1. The van der Waals surface area contributed by atoms with Crippen molar-refractivity contribution in [2.75, 3.05) is 0 Å². The topological polar surface area (TPSA) is 90.9 Å². The van der Waals surface area contributed by atoms with E-state index in [1.807, 2.05) is 24.4 Å². The van der Waals surface area contributed by atoms with Crippen molar-refractivity contribution in [3.05, 3.63) is 54.6 Å². The molecule has 1 aromatic carbocycles. The van der Waals surface area contributed by atoms with Gasteiger partial charge in [0.25, 0.3) is 0 Å². The summed E-state index contributed by atoms with van der Waals surface area (Å²) < 4.78 is 0. The van der Waals surface area contributed by atoms with E-state index in [1.54, 1.807) is 6.33 Å². The SMILES string of the molecule is O=C(O)NC1CC=C(c2ncnc3[nH]cc(-c4ccccc4)c23)C1. The average molecular weight is 320 g/mol. The first kappa shape index (κ1) is 14.4. The summed E-state index contributed by atoms with van der Waals surface area (Å²) in [6.07, 6.45) is 5.87. The third-order valence-corrected chi connectivity index (χ3v) is 4.30. The minimum atomic E-state index is -0.992. The molecular weight excluding hydrogens is 304 g/mol. The fraction of sp³-hybridized carbons (Fsp3) is 0.167. The van der Waals surface area contributed by atoms with Crippen molar-refractivity contribution in [2.24, 2.45) is 0 Å². The van der Waals surface area contributed by atoms with Gasteiger partial charge in [0.15, 0.2) is 0 Å². The Bertz CT molecular complexity index is 931. The highest BCUT2D eigenvalue weighted by atomic mass is 16.4. The Morgan fingerprint density at radius 1 is 1.25 bits per heavy atom. The van der Waals surface area contributed by atoms with Crippen LogP contribution < -0.4 is 5.32 Å². The quantitative estimate of drug-likeness (QED) is 0.689. The van der Waals surface area contributed by atoms with E-state index in [4.69, 9.17) is 5.11 Å². The molecule has 4 rings (SSSR count). The van der Waals surface area contributed by atoms with Crippen LogP contribution in [-0.4, -0.2) is 32.2 Å². The summed E-state index contributed by atoms with van der Waals surface area (Å²) in [5, 5.41) is 12.4. The third-order valence-electron chi connectivity index (χ3n) is 4.30. The molecule has 2 heterocycles. The molecule has 1 unspecified atom stereocenters. The van der Waals surface area contributed by atoms with Gasteiger partial charge in [0.2, 0.25) is 0 Å². The lowest BCUT2D eigenvalue weighted by Crippen LogP contribution is -2.31. The summed E-state index contributed by atoms with van der Waals surface area (Å²) in [5.74, 6) is 0. The van der Waals surface area contributed by atoms with Crippen LogP contribution in [0.2, 0.25) is 0 Å². The highest BCUT2D eigenvalue weighted by Crippen LogP contribution is 2.36. The van der Waals surface area contributed by atoms with Crippen LogP contribution in [0.1, 0.15) is 18.5 Å². The molecule has 0 saturated heterocycles. The number of carboxylic acid groups (broad SMARTS) is 1. The number of nitrogens with one attached hydrogen (secondary N) is 2. The molecule has 24 heavy (non-hydrogen) atoms. The number of rotatable bonds is 3. The summed E-state index contributed by atoms with van der Waals surface area (Å²) in [4.78, 5) is 22.9. The van der Waals surface area contributed by atoms with Gasteiger partial charge in [-0.1, -0.05) is 36.4 Å². The number of amides is 1. The molecule has 2 aromatic heterocycles. The molecule has 1 aliphatic carbocycles. The van der Waals surface area contributed by atoms with Crippen molar-refractivity contribution in [2.45, 2.75) is 18.9 Å². The standard InChI is InChI=1S/C18H16N4O2/c23-18(24)22-13-7-6-12(8-13)16-15-14(11-4-2-1-3-5-11)9-19-17(15)21-10-20-16/h1-6,9-10,13,22H,7-8H2,(H,23,24)(H,19,20,21). The summed E-state index contributed by atoms with van der Waals surface area (Å²) >= 11 is 0. The molecule has 6 nitrogen and oxygen atoms in total. The number of aromatic nitrogens is 3. The first-order valence-electron chi connectivity index (χ1n) is 7.79. The molecule has 0 radical (unpaired) electrons. The molecule has 1 atom stereocenters. The van der Waals surface area contributed by atoms with Gasteiger partial charge in [-0.15, -0.1) is 0 Å². The molecule has 3 aromatic rings. The van der Waals surface area contributed by atoms with E-state index in [2.05, 4.69) is 38.5 Å². The van der Waals surface area contributed by atoms with Crippen LogP contribution in [0.5, 0.6) is 0 Å². The largest absolute Gasteiger partial charge is 0.465 e.